The zero-order valence-electron chi connectivity index (χ0n) is 11.4. The Morgan fingerprint density at radius 2 is 2.16 bits per heavy atom. The van der Waals surface area contributed by atoms with Gasteiger partial charge in [0.15, 0.2) is 0 Å². The van der Waals surface area contributed by atoms with Crippen molar-refractivity contribution in [3.8, 4) is 0 Å². The van der Waals surface area contributed by atoms with Crippen molar-refractivity contribution < 1.29 is 4.79 Å². The molecule has 1 unspecified atom stereocenters. The molecular weight excluding hydrogens is 238 g/mol. The number of nitrogens with zero attached hydrogens (tertiary/aromatic N) is 1. The van der Waals surface area contributed by atoms with E-state index in [1.807, 2.05) is 6.92 Å². The molecule has 102 valence electrons. The number of aryl methyl sites for hydroxylation is 1. The van der Waals surface area contributed by atoms with Gasteiger partial charge < -0.3 is 5.73 Å². The molecule has 0 bridgehead atoms. The number of carbonyl (C=O) groups excluding carboxylic acids is 1. The number of amides is 2. The summed E-state index contributed by atoms with van der Waals surface area (Å²) in [5.74, 6) is 0.716. The maximum atomic E-state index is 10.6. The molecular formula is C15H21N3O. The highest BCUT2D eigenvalue weighted by atomic mass is 16.2. The van der Waals surface area contributed by atoms with E-state index in [9.17, 15) is 4.79 Å². The highest BCUT2D eigenvalue weighted by Crippen LogP contribution is 2.28. The van der Waals surface area contributed by atoms with Gasteiger partial charge in [0.2, 0.25) is 0 Å². The summed E-state index contributed by atoms with van der Waals surface area (Å²) in [6.07, 6.45) is 5.61. The topological polar surface area (TPSA) is 67.5 Å². The van der Waals surface area contributed by atoms with Crippen molar-refractivity contribution in [2.45, 2.75) is 39.0 Å². The molecule has 3 N–H and O–H groups in total. The number of nitrogens with one attached hydrogen (secondary N) is 1. The number of benzene rings is 1. The minimum absolute atomic E-state index is 0.606. The molecule has 1 aromatic rings. The van der Waals surface area contributed by atoms with Crippen LogP contribution in [0.25, 0.3) is 0 Å². The molecule has 1 aliphatic rings. The van der Waals surface area contributed by atoms with Gasteiger partial charge in [0.25, 0.3) is 0 Å². The van der Waals surface area contributed by atoms with Crippen molar-refractivity contribution in [2.75, 3.05) is 0 Å². The first kappa shape index (κ1) is 13.6. The Morgan fingerprint density at radius 1 is 1.42 bits per heavy atom. The number of rotatable bonds is 4. The van der Waals surface area contributed by atoms with Gasteiger partial charge in [-0.2, -0.15) is 5.10 Å². The maximum absolute atomic E-state index is 10.6. The first-order chi connectivity index (χ1) is 9.15. The quantitative estimate of drug-likeness (QED) is 0.633. The van der Waals surface area contributed by atoms with Gasteiger partial charge in [0, 0.05) is 5.71 Å². The molecule has 1 aliphatic carbocycles. The van der Waals surface area contributed by atoms with E-state index in [-0.39, 0.29) is 0 Å². The second-order valence-electron chi connectivity index (χ2n) is 5.24. The molecule has 0 aliphatic heterocycles. The van der Waals surface area contributed by atoms with Crippen LogP contribution in [-0.2, 0) is 12.8 Å². The Balaban J connectivity index is 1.82. The minimum atomic E-state index is -0.606. The van der Waals surface area contributed by atoms with E-state index < -0.39 is 6.03 Å². The van der Waals surface area contributed by atoms with Crippen molar-refractivity contribution in [1.29, 1.82) is 0 Å². The highest BCUT2D eigenvalue weighted by molar-refractivity contribution is 5.83. The zero-order chi connectivity index (χ0) is 13.7. The summed E-state index contributed by atoms with van der Waals surface area (Å²) >= 11 is 0. The first-order valence-corrected chi connectivity index (χ1v) is 6.80. The lowest BCUT2D eigenvalue weighted by Crippen LogP contribution is -2.25. The summed E-state index contributed by atoms with van der Waals surface area (Å²) in [6.45, 7) is 1.92. The van der Waals surface area contributed by atoms with Crippen LogP contribution in [0.15, 0.2) is 29.4 Å². The van der Waals surface area contributed by atoms with E-state index in [0.29, 0.717) is 5.92 Å². The van der Waals surface area contributed by atoms with E-state index in [4.69, 9.17) is 5.73 Å². The molecule has 0 saturated heterocycles. The second-order valence-corrected chi connectivity index (χ2v) is 5.24. The van der Waals surface area contributed by atoms with Gasteiger partial charge in [0.1, 0.15) is 0 Å². The monoisotopic (exact) mass is 259 g/mol. The molecule has 0 radical (unpaired) electrons. The lowest BCUT2D eigenvalue weighted by Gasteiger charge is -2.24. The van der Waals surface area contributed by atoms with Crippen LogP contribution in [0.4, 0.5) is 4.79 Å². The molecule has 0 saturated carbocycles. The van der Waals surface area contributed by atoms with Gasteiger partial charge >= 0.3 is 6.03 Å². The Morgan fingerprint density at radius 3 is 2.89 bits per heavy atom. The third-order valence-electron chi connectivity index (χ3n) is 3.72. The number of urea groups is 1. The van der Waals surface area contributed by atoms with Crippen LogP contribution < -0.4 is 11.2 Å². The van der Waals surface area contributed by atoms with Crippen LogP contribution in [0.5, 0.6) is 0 Å². The largest absolute Gasteiger partial charge is 0.350 e. The van der Waals surface area contributed by atoms with Gasteiger partial charge in [-0.3, -0.25) is 0 Å². The minimum Gasteiger partial charge on any atom is -0.350 e. The number of hydrazone groups is 1. The van der Waals surface area contributed by atoms with Gasteiger partial charge in [-0.1, -0.05) is 24.3 Å². The van der Waals surface area contributed by atoms with Crippen LogP contribution in [0, 0.1) is 5.92 Å². The van der Waals surface area contributed by atoms with Crippen molar-refractivity contribution in [3.63, 3.8) is 0 Å². The first-order valence-electron chi connectivity index (χ1n) is 6.80. The molecule has 1 aromatic carbocycles. The average Bonchev–Trinajstić information content (AvgIpc) is 2.42. The Labute approximate surface area is 114 Å². The number of fused-ring (bicyclic) bond motifs is 1. The zero-order valence-corrected chi connectivity index (χ0v) is 11.4. The lowest BCUT2D eigenvalue weighted by atomic mass is 9.81. The third kappa shape index (κ3) is 4.09. The van der Waals surface area contributed by atoms with E-state index in [1.165, 1.54) is 24.0 Å². The molecule has 2 rings (SSSR count). The molecule has 0 fully saturated rings. The fourth-order valence-electron chi connectivity index (χ4n) is 2.64. The smallest absolute Gasteiger partial charge is 0.332 e. The standard InChI is InChI=1S/C15H21N3O/c1-11(17-18-15(16)19)6-7-12-8-9-13-4-2-3-5-14(13)10-12/h2-5,12H,6-10H2,1H3,(H3,16,18,19)/b17-11-. The fourth-order valence-corrected chi connectivity index (χ4v) is 2.64. The molecule has 2 amide bonds. The number of carbonyl (C=O) groups is 1. The van der Waals surface area contributed by atoms with Crippen molar-refractivity contribution >= 4 is 11.7 Å². The Kier molecular flexibility index (Phi) is 4.55. The summed E-state index contributed by atoms with van der Waals surface area (Å²) in [5, 5.41) is 3.94. The van der Waals surface area contributed by atoms with Crippen molar-refractivity contribution in [1.82, 2.24) is 5.43 Å². The van der Waals surface area contributed by atoms with E-state index in [2.05, 4.69) is 34.8 Å². The normalized spacial score (nSPS) is 18.8. The lowest BCUT2D eigenvalue weighted by molar-refractivity contribution is 0.249. The SMILES string of the molecule is C/C(CCC1CCc2ccccc2C1)=N/NC(N)=O. The maximum Gasteiger partial charge on any atom is 0.332 e. The summed E-state index contributed by atoms with van der Waals surface area (Å²) in [7, 11) is 0. The highest BCUT2D eigenvalue weighted by Gasteiger charge is 2.17. The molecule has 4 nitrogen and oxygen atoms in total. The number of primary amides is 1. The van der Waals surface area contributed by atoms with Crippen LogP contribution in [0.1, 0.15) is 37.3 Å². The van der Waals surface area contributed by atoms with E-state index in [0.717, 1.165) is 25.0 Å². The van der Waals surface area contributed by atoms with Crippen LogP contribution in [-0.4, -0.2) is 11.7 Å². The third-order valence-corrected chi connectivity index (χ3v) is 3.72. The van der Waals surface area contributed by atoms with Gasteiger partial charge in [-0.25, -0.2) is 10.2 Å². The number of hydrogen-bond donors (Lipinski definition) is 2. The predicted octanol–water partition coefficient (Wildman–Crippen LogP) is 2.62. The number of hydrogen-bond acceptors (Lipinski definition) is 2. The summed E-state index contributed by atoms with van der Waals surface area (Å²) < 4.78 is 0. The summed E-state index contributed by atoms with van der Waals surface area (Å²) in [5.41, 5.74) is 11.2. The van der Waals surface area contributed by atoms with Gasteiger partial charge in [-0.15, -0.1) is 0 Å². The summed E-state index contributed by atoms with van der Waals surface area (Å²) in [6, 6.07) is 8.09. The molecule has 0 spiro atoms. The van der Waals surface area contributed by atoms with E-state index in [1.54, 1.807) is 0 Å². The van der Waals surface area contributed by atoms with Crippen molar-refractivity contribution in [3.05, 3.63) is 35.4 Å². The molecule has 4 heteroatoms. The fraction of sp³-hybridized carbons (Fsp3) is 0.467. The predicted molar refractivity (Wildman–Crippen MR) is 77.0 cm³/mol. The molecule has 0 aromatic heterocycles. The average molecular weight is 259 g/mol. The van der Waals surface area contributed by atoms with Crippen molar-refractivity contribution in [2.24, 2.45) is 16.8 Å². The molecule has 1 atom stereocenters. The summed E-state index contributed by atoms with van der Waals surface area (Å²) in [4.78, 5) is 10.6. The van der Waals surface area contributed by atoms with Gasteiger partial charge in [-0.05, 0) is 56.1 Å². The van der Waals surface area contributed by atoms with Crippen LogP contribution >= 0.6 is 0 Å². The molecule has 19 heavy (non-hydrogen) atoms. The Hall–Kier alpha value is -1.84. The second kappa shape index (κ2) is 6.36. The van der Waals surface area contributed by atoms with Crippen LogP contribution in [0.2, 0.25) is 0 Å². The van der Waals surface area contributed by atoms with E-state index >= 15 is 0 Å². The molecule has 0 heterocycles. The Bertz CT molecular complexity index is 482. The van der Waals surface area contributed by atoms with Gasteiger partial charge in [0.05, 0.1) is 0 Å². The number of nitrogens with two attached hydrogens (primary N) is 1. The van der Waals surface area contributed by atoms with Crippen LogP contribution in [0.3, 0.4) is 0 Å².